The molecule has 0 bridgehead atoms. The number of ether oxygens (including phenoxy) is 1. The lowest BCUT2D eigenvalue weighted by atomic mass is 10.2. The van der Waals surface area contributed by atoms with Crippen molar-refractivity contribution in [2.45, 2.75) is 39.7 Å². The Balaban J connectivity index is 2.53. The Kier molecular flexibility index (Phi) is 4.72. The Hall–Kier alpha value is -2.18. The van der Waals surface area contributed by atoms with Crippen LogP contribution in [0.1, 0.15) is 50.1 Å². The molecule has 2 rings (SSSR count). The lowest BCUT2D eigenvalue weighted by Crippen LogP contribution is -2.13. The summed E-state index contributed by atoms with van der Waals surface area (Å²) in [6.45, 7) is 6.23. The topological polar surface area (TPSA) is 74.8 Å². The second-order valence-electron chi connectivity index (χ2n) is 4.95. The van der Waals surface area contributed by atoms with Crippen LogP contribution in [-0.2, 0) is 11.8 Å². The first-order valence-electron chi connectivity index (χ1n) is 7.20. The van der Waals surface area contributed by atoms with Crippen molar-refractivity contribution >= 4 is 5.97 Å². The summed E-state index contributed by atoms with van der Waals surface area (Å²) in [7, 11) is 1.87. The van der Waals surface area contributed by atoms with Crippen LogP contribution >= 0.6 is 0 Å². The van der Waals surface area contributed by atoms with E-state index >= 15 is 0 Å². The van der Waals surface area contributed by atoms with Crippen LogP contribution in [0.2, 0.25) is 0 Å². The fourth-order valence-electron chi connectivity index (χ4n) is 2.28. The van der Waals surface area contributed by atoms with Crippen molar-refractivity contribution in [3.63, 3.8) is 0 Å². The van der Waals surface area contributed by atoms with Crippen LogP contribution < -0.4 is 0 Å². The van der Waals surface area contributed by atoms with Crippen molar-refractivity contribution in [1.82, 2.24) is 24.5 Å². The van der Waals surface area contributed by atoms with Crippen LogP contribution in [-0.4, -0.2) is 37.1 Å². The number of hydrogen-bond acceptors (Lipinski definition) is 5. The Labute approximate surface area is 123 Å². The molecule has 0 spiro atoms. The van der Waals surface area contributed by atoms with Gasteiger partial charge in [-0.1, -0.05) is 18.6 Å². The molecule has 0 N–H and O–H groups in total. The molecule has 0 saturated carbocycles. The molecule has 0 aromatic carbocycles. The summed E-state index contributed by atoms with van der Waals surface area (Å²) >= 11 is 0. The molecule has 21 heavy (non-hydrogen) atoms. The normalized spacial score (nSPS) is 12.4. The molecule has 0 aliphatic heterocycles. The van der Waals surface area contributed by atoms with Gasteiger partial charge in [-0.2, -0.15) is 0 Å². The number of aryl methyl sites for hydroxylation is 1. The second kappa shape index (κ2) is 6.51. The molecule has 0 radical (unpaired) electrons. The summed E-state index contributed by atoms with van der Waals surface area (Å²) in [5.74, 6) is 0.191. The van der Waals surface area contributed by atoms with Gasteiger partial charge in [-0.25, -0.2) is 14.5 Å². The predicted molar refractivity (Wildman–Crippen MR) is 77.8 cm³/mol. The number of nitrogens with zero attached hydrogens (tertiary/aromatic N) is 5. The van der Waals surface area contributed by atoms with Crippen LogP contribution in [0.15, 0.2) is 12.4 Å². The van der Waals surface area contributed by atoms with Gasteiger partial charge in [0.25, 0.3) is 0 Å². The van der Waals surface area contributed by atoms with Crippen molar-refractivity contribution in [2.75, 3.05) is 6.61 Å². The maximum absolute atomic E-state index is 12.1. The minimum atomic E-state index is -0.467. The van der Waals surface area contributed by atoms with Gasteiger partial charge in [0.15, 0.2) is 5.82 Å². The first-order chi connectivity index (χ1) is 10.1. The fourth-order valence-corrected chi connectivity index (χ4v) is 2.28. The van der Waals surface area contributed by atoms with Gasteiger partial charge in [0, 0.05) is 19.4 Å². The minimum Gasteiger partial charge on any atom is -0.461 e. The molecule has 0 saturated heterocycles. The zero-order valence-electron chi connectivity index (χ0n) is 12.9. The van der Waals surface area contributed by atoms with E-state index in [1.54, 1.807) is 17.8 Å². The van der Waals surface area contributed by atoms with Gasteiger partial charge >= 0.3 is 5.97 Å². The first kappa shape index (κ1) is 15.2. The van der Waals surface area contributed by atoms with Crippen LogP contribution in [0.3, 0.4) is 0 Å². The molecule has 2 aromatic heterocycles. The molecule has 0 aliphatic rings. The van der Waals surface area contributed by atoms with E-state index in [9.17, 15) is 4.79 Å². The van der Waals surface area contributed by atoms with Gasteiger partial charge < -0.3 is 9.30 Å². The van der Waals surface area contributed by atoms with E-state index in [0.717, 1.165) is 12.8 Å². The van der Waals surface area contributed by atoms with Crippen LogP contribution in [0.4, 0.5) is 0 Å². The Morgan fingerprint density at radius 2 is 2.19 bits per heavy atom. The summed E-state index contributed by atoms with van der Waals surface area (Å²) in [6.07, 6.45) is 5.48. The predicted octanol–water partition coefficient (Wildman–Crippen LogP) is 2.22. The van der Waals surface area contributed by atoms with E-state index < -0.39 is 5.97 Å². The van der Waals surface area contributed by atoms with Gasteiger partial charge in [0.2, 0.25) is 5.69 Å². The monoisotopic (exact) mass is 291 g/mol. The summed E-state index contributed by atoms with van der Waals surface area (Å²) in [4.78, 5) is 16.4. The minimum absolute atomic E-state index is 0.136. The third kappa shape index (κ3) is 2.96. The number of rotatable bonds is 6. The molecule has 2 heterocycles. The van der Waals surface area contributed by atoms with E-state index in [2.05, 4.69) is 29.1 Å². The van der Waals surface area contributed by atoms with E-state index in [1.807, 2.05) is 17.8 Å². The molecule has 1 atom stereocenters. The molecule has 0 fully saturated rings. The number of aromatic nitrogens is 5. The van der Waals surface area contributed by atoms with E-state index in [-0.39, 0.29) is 11.7 Å². The standard InChI is InChI=1S/C14H21N5O2/c1-5-7-10(3)19-12(13-15-8-9-18(13)4)11(16-17-19)14(20)21-6-2/h8-10H,5-7H2,1-4H3. The molecule has 1 unspecified atom stereocenters. The lowest BCUT2D eigenvalue weighted by Gasteiger charge is -2.14. The summed E-state index contributed by atoms with van der Waals surface area (Å²) < 4.78 is 8.67. The van der Waals surface area contributed by atoms with Gasteiger partial charge in [0.05, 0.1) is 12.6 Å². The molecular weight excluding hydrogens is 270 g/mol. The Morgan fingerprint density at radius 3 is 2.76 bits per heavy atom. The highest BCUT2D eigenvalue weighted by Gasteiger charge is 2.26. The zero-order chi connectivity index (χ0) is 15.4. The summed E-state index contributed by atoms with van der Waals surface area (Å²) in [6, 6.07) is 0.136. The second-order valence-corrected chi connectivity index (χ2v) is 4.95. The average molecular weight is 291 g/mol. The summed E-state index contributed by atoms with van der Waals surface area (Å²) in [5.41, 5.74) is 0.830. The zero-order valence-corrected chi connectivity index (χ0v) is 12.9. The van der Waals surface area contributed by atoms with Gasteiger partial charge in [0.1, 0.15) is 5.69 Å². The molecule has 7 heteroatoms. The Morgan fingerprint density at radius 1 is 1.43 bits per heavy atom. The highest BCUT2D eigenvalue weighted by molar-refractivity contribution is 5.93. The number of imidazole rings is 1. The number of hydrogen-bond donors (Lipinski definition) is 0. The first-order valence-corrected chi connectivity index (χ1v) is 7.20. The van der Waals surface area contributed by atoms with E-state index in [1.165, 1.54) is 0 Å². The van der Waals surface area contributed by atoms with Crippen LogP contribution in [0.25, 0.3) is 11.5 Å². The maximum Gasteiger partial charge on any atom is 0.361 e. The van der Waals surface area contributed by atoms with Crippen molar-refractivity contribution in [3.05, 3.63) is 18.1 Å². The van der Waals surface area contributed by atoms with E-state index in [0.29, 0.717) is 18.1 Å². The Bertz CT molecular complexity index is 617. The van der Waals surface area contributed by atoms with Crippen molar-refractivity contribution in [2.24, 2.45) is 7.05 Å². The quantitative estimate of drug-likeness (QED) is 0.763. The smallest absolute Gasteiger partial charge is 0.361 e. The van der Waals surface area contributed by atoms with Crippen molar-refractivity contribution < 1.29 is 9.53 Å². The fraction of sp³-hybridized carbons (Fsp3) is 0.571. The van der Waals surface area contributed by atoms with Crippen LogP contribution in [0.5, 0.6) is 0 Å². The average Bonchev–Trinajstić information content (AvgIpc) is 3.04. The summed E-state index contributed by atoms with van der Waals surface area (Å²) in [5, 5.41) is 8.17. The van der Waals surface area contributed by atoms with Crippen LogP contribution in [0, 0.1) is 0 Å². The van der Waals surface area contributed by atoms with Gasteiger partial charge in [-0.15, -0.1) is 5.10 Å². The molecule has 2 aromatic rings. The highest BCUT2D eigenvalue weighted by Crippen LogP contribution is 2.25. The lowest BCUT2D eigenvalue weighted by molar-refractivity contribution is 0.0520. The molecule has 114 valence electrons. The highest BCUT2D eigenvalue weighted by atomic mass is 16.5. The third-order valence-electron chi connectivity index (χ3n) is 3.32. The number of esters is 1. The molecule has 0 aliphatic carbocycles. The number of carbonyl (C=O) groups is 1. The molecule has 7 nitrogen and oxygen atoms in total. The van der Waals surface area contributed by atoms with Gasteiger partial charge in [-0.3, -0.25) is 0 Å². The maximum atomic E-state index is 12.1. The third-order valence-corrected chi connectivity index (χ3v) is 3.32. The largest absolute Gasteiger partial charge is 0.461 e. The molecule has 0 amide bonds. The van der Waals surface area contributed by atoms with Gasteiger partial charge in [-0.05, 0) is 20.3 Å². The SMILES string of the molecule is CCCC(C)n1nnc(C(=O)OCC)c1-c1nccn1C. The van der Waals surface area contributed by atoms with E-state index in [4.69, 9.17) is 4.74 Å². The van der Waals surface area contributed by atoms with Crippen molar-refractivity contribution in [1.29, 1.82) is 0 Å². The number of carbonyl (C=O) groups excluding carboxylic acids is 1. The molecular formula is C14H21N5O2. The van der Waals surface area contributed by atoms with Crippen molar-refractivity contribution in [3.8, 4) is 11.5 Å².